The molecule has 0 radical (unpaired) electrons. The minimum atomic E-state index is 0.223. The number of hydrogen-bond acceptors (Lipinski definition) is 5. The maximum Gasteiger partial charge on any atom is 0.137 e. The molecule has 6 nitrogen and oxygen atoms in total. The summed E-state index contributed by atoms with van der Waals surface area (Å²) in [6, 6.07) is 8.25. The van der Waals surface area contributed by atoms with Gasteiger partial charge in [-0.25, -0.2) is 4.98 Å². The Hall–Kier alpha value is -2.44. The summed E-state index contributed by atoms with van der Waals surface area (Å²) < 4.78 is 8.41. The molecule has 1 saturated heterocycles. The summed E-state index contributed by atoms with van der Waals surface area (Å²) in [7, 11) is 4.09. The maximum atomic E-state index is 6.23. The zero-order valence-electron chi connectivity index (χ0n) is 16.3. The lowest BCUT2D eigenvalue weighted by molar-refractivity contribution is 0.197. The van der Waals surface area contributed by atoms with Gasteiger partial charge in [-0.2, -0.15) is 0 Å². The van der Waals surface area contributed by atoms with E-state index in [0.29, 0.717) is 0 Å². The number of fused-ring (bicyclic) bond motifs is 1. The van der Waals surface area contributed by atoms with Crippen LogP contribution >= 0.6 is 0 Å². The molecular formula is C21H27N5O. The summed E-state index contributed by atoms with van der Waals surface area (Å²) in [4.78, 5) is 13.5. The largest absolute Gasteiger partial charge is 0.489 e. The molecule has 0 aromatic carbocycles. The van der Waals surface area contributed by atoms with Crippen molar-refractivity contribution in [2.45, 2.75) is 32.5 Å². The molecule has 6 heteroatoms. The van der Waals surface area contributed by atoms with Crippen LogP contribution in [-0.4, -0.2) is 57.5 Å². The second-order valence-electron chi connectivity index (χ2n) is 7.67. The van der Waals surface area contributed by atoms with Crippen LogP contribution < -0.4 is 4.74 Å². The predicted molar refractivity (Wildman–Crippen MR) is 106 cm³/mol. The molecule has 1 atom stereocenters. The maximum absolute atomic E-state index is 6.23. The monoisotopic (exact) mass is 365 g/mol. The first-order valence-electron chi connectivity index (χ1n) is 9.48. The average molecular weight is 365 g/mol. The molecule has 0 saturated carbocycles. The normalized spacial score (nSPS) is 17.9. The van der Waals surface area contributed by atoms with Crippen molar-refractivity contribution >= 4 is 5.65 Å². The van der Waals surface area contributed by atoms with Crippen LogP contribution in [-0.2, 0) is 13.1 Å². The molecule has 0 N–H and O–H groups in total. The Morgan fingerprint density at radius 3 is 2.96 bits per heavy atom. The molecule has 1 unspecified atom stereocenters. The SMILES string of the molecule is Cc1ccn2c(CN3CCC(Oc4ccnc(CN(C)C)c4)C3)cnc2c1. The Kier molecular flexibility index (Phi) is 5.09. The summed E-state index contributed by atoms with van der Waals surface area (Å²) in [5.74, 6) is 0.916. The fraction of sp³-hybridized carbons (Fsp3) is 0.429. The fourth-order valence-electron chi connectivity index (χ4n) is 3.65. The quantitative estimate of drug-likeness (QED) is 0.672. The first-order chi connectivity index (χ1) is 13.1. The van der Waals surface area contributed by atoms with Crippen LogP contribution in [0.5, 0.6) is 5.75 Å². The molecule has 27 heavy (non-hydrogen) atoms. The number of hydrogen-bond donors (Lipinski definition) is 0. The van der Waals surface area contributed by atoms with Gasteiger partial charge in [-0.15, -0.1) is 0 Å². The molecule has 1 aliphatic heterocycles. The van der Waals surface area contributed by atoms with Gasteiger partial charge in [0.25, 0.3) is 0 Å². The molecule has 3 aromatic heterocycles. The lowest BCUT2D eigenvalue weighted by atomic mass is 10.3. The highest BCUT2D eigenvalue weighted by Crippen LogP contribution is 2.21. The Morgan fingerprint density at radius 1 is 1.22 bits per heavy atom. The molecule has 4 rings (SSSR count). The highest BCUT2D eigenvalue weighted by atomic mass is 16.5. The summed E-state index contributed by atoms with van der Waals surface area (Å²) >= 11 is 0. The zero-order chi connectivity index (χ0) is 18.8. The number of ether oxygens (including phenoxy) is 1. The van der Waals surface area contributed by atoms with E-state index in [-0.39, 0.29) is 6.10 Å². The van der Waals surface area contributed by atoms with E-state index < -0.39 is 0 Å². The van der Waals surface area contributed by atoms with Gasteiger partial charge in [0.15, 0.2) is 0 Å². The summed E-state index contributed by atoms with van der Waals surface area (Å²) in [6.45, 7) is 5.79. The van der Waals surface area contributed by atoms with Gasteiger partial charge in [0.05, 0.1) is 17.6 Å². The lowest BCUT2D eigenvalue weighted by Gasteiger charge is -2.17. The van der Waals surface area contributed by atoms with Crippen molar-refractivity contribution in [1.82, 2.24) is 24.2 Å². The number of aromatic nitrogens is 3. The van der Waals surface area contributed by atoms with Gasteiger partial charge in [-0.3, -0.25) is 9.88 Å². The molecule has 1 aliphatic rings. The number of imidazole rings is 1. The third-order valence-corrected chi connectivity index (χ3v) is 4.93. The molecule has 142 valence electrons. The van der Waals surface area contributed by atoms with Crippen molar-refractivity contribution in [3.63, 3.8) is 0 Å². The number of aryl methyl sites for hydroxylation is 1. The molecule has 1 fully saturated rings. The minimum Gasteiger partial charge on any atom is -0.489 e. The molecule has 4 heterocycles. The van der Waals surface area contributed by atoms with E-state index >= 15 is 0 Å². The van der Waals surface area contributed by atoms with Crippen LogP contribution in [0.15, 0.2) is 42.9 Å². The number of likely N-dealkylation sites (tertiary alicyclic amines) is 1. The van der Waals surface area contributed by atoms with Crippen LogP contribution in [0.1, 0.15) is 23.4 Å². The van der Waals surface area contributed by atoms with E-state index in [4.69, 9.17) is 4.74 Å². The van der Waals surface area contributed by atoms with E-state index in [1.165, 1.54) is 11.3 Å². The van der Waals surface area contributed by atoms with Gasteiger partial charge in [0, 0.05) is 44.6 Å². The Bertz CT molecular complexity index is 920. The highest BCUT2D eigenvalue weighted by molar-refractivity contribution is 5.42. The van der Waals surface area contributed by atoms with Crippen molar-refractivity contribution in [2.75, 3.05) is 27.2 Å². The third kappa shape index (κ3) is 4.28. The van der Waals surface area contributed by atoms with Gasteiger partial charge in [-0.1, -0.05) is 0 Å². The first kappa shape index (κ1) is 17.9. The van der Waals surface area contributed by atoms with Crippen LogP contribution in [0.3, 0.4) is 0 Å². The van der Waals surface area contributed by atoms with Gasteiger partial charge in [0.2, 0.25) is 0 Å². The Balaban J connectivity index is 1.37. The number of pyridine rings is 2. The van der Waals surface area contributed by atoms with Gasteiger partial charge in [-0.05, 0) is 51.2 Å². The lowest BCUT2D eigenvalue weighted by Crippen LogP contribution is -2.25. The number of rotatable bonds is 6. The standard InChI is InChI=1S/C21H27N5O/c1-16-5-9-26-18(12-23-21(26)10-16)14-25-8-6-20(15-25)27-19-4-7-22-17(11-19)13-24(2)3/h4-5,7,9-12,20H,6,8,13-15H2,1-3H3. The highest BCUT2D eigenvalue weighted by Gasteiger charge is 2.25. The smallest absolute Gasteiger partial charge is 0.137 e. The topological polar surface area (TPSA) is 45.9 Å². The predicted octanol–water partition coefficient (Wildman–Crippen LogP) is 2.75. The van der Waals surface area contributed by atoms with Crippen LogP contribution in [0.2, 0.25) is 0 Å². The van der Waals surface area contributed by atoms with Gasteiger partial charge >= 0.3 is 0 Å². The zero-order valence-corrected chi connectivity index (χ0v) is 16.3. The second-order valence-corrected chi connectivity index (χ2v) is 7.67. The minimum absolute atomic E-state index is 0.223. The summed E-state index contributed by atoms with van der Waals surface area (Å²) in [5.41, 5.74) is 4.51. The van der Waals surface area contributed by atoms with Crippen molar-refractivity contribution in [1.29, 1.82) is 0 Å². The molecule has 0 bridgehead atoms. The number of nitrogens with zero attached hydrogens (tertiary/aromatic N) is 5. The molecule has 0 spiro atoms. The van der Waals surface area contributed by atoms with E-state index in [1.807, 2.05) is 32.6 Å². The first-order valence-corrected chi connectivity index (χ1v) is 9.48. The van der Waals surface area contributed by atoms with Crippen molar-refractivity contribution in [3.05, 3.63) is 59.8 Å². The van der Waals surface area contributed by atoms with Gasteiger partial charge < -0.3 is 14.0 Å². The van der Waals surface area contributed by atoms with E-state index in [2.05, 4.69) is 55.5 Å². The van der Waals surface area contributed by atoms with Crippen molar-refractivity contribution < 1.29 is 4.74 Å². The molecule has 0 aliphatic carbocycles. The average Bonchev–Trinajstić information content (AvgIpc) is 3.22. The van der Waals surface area contributed by atoms with E-state index in [9.17, 15) is 0 Å². The van der Waals surface area contributed by atoms with Crippen LogP contribution in [0.4, 0.5) is 0 Å². The summed E-state index contributed by atoms with van der Waals surface area (Å²) in [5, 5.41) is 0. The molecular weight excluding hydrogens is 338 g/mol. The van der Waals surface area contributed by atoms with Crippen molar-refractivity contribution in [3.8, 4) is 5.75 Å². The molecule has 3 aromatic rings. The molecule has 0 amide bonds. The van der Waals surface area contributed by atoms with Crippen LogP contribution in [0.25, 0.3) is 5.65 Å². The van der Waals surface area contributed by atoms with E-state index in [1.54, 1.807) is 0 Å². The van der Waals surface area contributed by atoms with E-state index in [0.717, 1.165) is 49.7 Å². The Morgan fingerprint density at radius 2 is 2.11 bits per heavy atom. The van der Waals surface area contributed by atoms with Crippen molar-refractivity contribution in [2.24, 2.45) is 0 Å². The fourth-order valence-corrected chi connectivity index (χ4v) is 3.65. The Labute approximate surface area is 160 Å². The third-order valence-electron chi connectivity index (χ3n) is 4.93. The van der Waals surface area contributed by atoms with Crippen LogP contribution in [0, 0.1) is 6.92 Å². The second kappa shape index (κ2) is 7.66. The summed E-state index contributed by atoms with van der Waals surface area (Å²) in [6.07, 6.45) is 7.20. The van der Waals surface area contributed by atoms with Gasteiger partial charge in [0.1, 0.15) is 17.5 Å².